The molecule has 186 valence electrons. The minimum atomic E-state index is -2.45. The molecule has 2 aromatic carbocycles. The van der Waals surface area contributed by atoms with Crippen LogP contribution in [0.3, 0.4) is 0 Å². The smallest absolute Gasteiger partial charge is 0.435 e. The minimum absolute atomic E-state index is 0.109. The minimum Gasteiger partial charge on any atom is -0.435 e. The number of aromatic nitrogens is 1. The summed E-state index contributed by atoms with van der Waals surface area (Å²) < 4.78 is 37.2. The van der Waals surface area contributed by atoms with Crippen LogP contribution in [0.1, 0.15) is 47.7 Å². The Labute approximate surface area is 210 Å². The summed E-state index contributed by atoms with van der Waals surface area (Å²) in [7, 11) is -1.15. The van der Waals surface area contributed by atoms with Crippen molar-refractivity contribution in [1.82, 2.24) is 4.98 Å². The first kappa shape index (κ1) is 25.8. The number of hydrogen-bond acceptors (Lipinski definition) is 6. The van der Waals surface area contributed by atoms with Crippen molar-refractivity contribution in [3.8, 4) is 22.4 Å². The highest BCUT2D eigenvalue weighted by atomic mass is 31.1. The molecule has 0 saturated heterocycles. The largest absolute Gasteiger partial charge is 0.518 e. The van der Waals surface area contributed by atoms with Gasteiger partial charge in [0.05, 0.1) is 31.2 Å². The van der Waals surface area contributed by atoms with E-state index in [1.807, 2.05) is 37.3 Å². The number of ether oxygens (including phenoxy) is 1. The Hall–Kier alpha value is -3.25. The standard InChI is InChI=1S/C28H28FNO5P/c1-4-35-23(32)16-22(31)28(36(33)34-3)25-24(18-12-14-21(29)15-13-18)17(2)26(19-8-6-5-7-9-19)30-27(25)20-10-11-20/h4-9,12-15,20,22,28,31H,1,10-11,16H2,2-3H3/q+1. The van der Waals surface area contributed by atoms with Crippen LogP contribution in [0.15, 0.2) is 67.4 Å². The predicted molar refractivity (Wildman–Crippen MR) is 136 cm³/mol. The molecule has 1 aromatic heterocycles. The third-order valence-corrected chi connectivity index (χ3v) is 7.73. The first-order valence-electron chi connectivity index (χ1n) is 11.7. The van der Waals surface area contributed by atoms with Gasteiger partial charge in [-0.05, 0) is 53.2 Å². The van der Waals surface area contributed by atoms with E-state index in [2.05, 4.69) is 6.58 Å². The number of aliphatic hydroxyl groups excluding tert-OH is 1. The van der Waals surface area contributed by atoms with E-state index in [0.29, 0.717) is 22.4 Å². The van der Waals surface area contributed by atoms with Crippen molar-refractivity contribution in [3.63, 3.8) is 0 Å². The summed E-state index contributed by atoms with van der Waals surface area (Å²) in [4.78, 5) is 17.2. The summed E-state index contributed by atoms with van der Waals surface area (Å²) in [5, 5.41) is 11.2. The monoisotopic (exact) mass is 508 g/mol. The molecule has 0 spiro atoms. The van der Waals surface area contributed by atoms with E-state index in [-0.39, 0.29) is 11.7 Å². The van der Waals surface area contributed by atoms with Gasteiger partial charge in [-0.15, -0.1) is 4.52 Å². The average molecular weight is 509 g/mol. The van der Waals surface area contributed by atoms with Crippen LogP contribution in [0, 0.1) is 12.7 Å². The maximum Gasteiger partial charge on any atom is 0.518 e. The van der Waals surface area contributed by atoms with Crippen molar-refractivity contribution in [3.05, 3.63) is 90.1 Å². The maximum absolute atomic E-state index is 13.9. The van der Waals surface area contributed by atoms with Gasteiger partial charge < -0.3 is 9.84 Å². The van der Waals surface area contributed by atoms with Crippen molar-refractivity contribution < 1.29 is 28.1 Å². The number of nitrogens with zero attached hydrogens (tertiary/aromatic N) is 1. The third-order valence-electron chi connectivity index (χ3n) is 6.31. The van der Waals surface area contributed by atoms with Crippen molar-refractivity contribution >= 4 is 14.0 Å². The van der Waals surface area contributed by atoms with Gasteiger partial charge in [0.1, 0.15) is 11.9 Å². The molecule has 1 N–H and O–H groups in total. The zero-order chi connectivity index (χ0) is 25.8. The molecule has 36 heavy (non-hydrogen) atoms. The fourth-order valence-corrected chi connectivity index (χ4v) is 5.61. The lowest BCUT2D eigenvalue weighted by molar-refractivity contribution is -0.140. The van der Waals surface area contributed by atoms with Crippen LogP contribution in [-0.2, 0) is 18.6 Å². The number of aliphatic hydroxyl groups is 1. The molecule has 0 amide bonds. The summed E-state index contributed by atoms with van der Waals surface area (Å²) in [5.41, 5.74) is 4.06. The Morgan fingerprint density at radius 3 is 2.44 bits per heavy atom. The molecule has 1 aliphatic carbocycles. The number of rotatable bonds is 10. The SMILES string of the molecule is C=COC(=O)CC(O)C(c1c(C2CC2)nc(-c2ccccc2)c(C)c1-c1ccc(F)cc1)[P+](=O)OC. The Morgan fingerprint density at radius 2 is 1.86 bits per heavy atom. The van der Waals surface area contributed by atoms with E-state index in [4.69, 9.17) is 14.2 Å². The lowest BCUT2D eigenvalue weighted by Crippen LogP contribution is -2.23. The molecular formula is C28H28FNO5P+. The molecule has 0 aliphatic heterocycles. The van der Waals surface area contributed by atoms with Gasteiger partial charge >= 0.3 is 14.0 Å². The van der Waals surface area contributed by atoms with E-state index in [9.17, 15) is 18.9 Å². The molecule has 1 fully saturated rings. The summed E-state index contributed by atoms with van der Waals surface area (Å²) in [5.74, 6) is -0.981. The first-order valence-corrected chi connectivity index (χ1v) is 12.9. The van der Waals surface area contributed by atoms with Crippen LogP contribution in [0.5, 0.6) is 0 Å². The lowest BCUT2D eigenvalue weighted by atomic mass is 9.87. The first-order chi connectivity index (χ1) is 17.3. The maximum atomic E-state index is 13.9. The van der Waals surface area contributed by atoms with Crippen LogP contribution < -0.4 is 0 Å². The number of carbonyl (C=O) groups is 1. The highest BCUT2D eigenvalue weighted by Crippen LogP contribution is 2.54. The van der Waals surface area contributed by atoms with Gasteiger partial charge in [0, 0.05) is 17.0 Å². The molecule has 1 saturated carbocycles. The van der Waals surface area contributed by atoms with Gasteiger partial charge in [0.15, 0.2) is 0 Å². The van der Waals surface area contributed by atoms with Crippen molar-refractivity contribution in [2.75, 3.05) is 7.11 Å². The van der Waals surface area contributed by atoms with Gasteiger partial charge in [-0.2, -0.15) is 0 Å². The second-order valence-electron chi connectivity index (χ2n) is 8.75. The van der Waals surface area contributed by atoms with Crippen molar-refractivity contribution in [2.24, 2.45) is 0 Å². The topological polar surface area (TPSA) is 85.7 Å². The summed E-state index contributed by atoms with van der Waals surface area (Å²) >= 11 is 0. The fraction of sp³-hybridized carbons (Fsp3) is 0.286. The molecule has 3 aromatic rings. The van der Waals surface area contributed by atoms with Gasteiger partial charge in [-0.25, -0.2) is 4.39 Å². The van der Waals surface area contributed by atoms with Gasteiger partial charge in [-0.3, -0.25) is 9.78 Å². The van der Waals surface area contributed by atoms with Crippen molar-refractivity contribution in [2.45, 2.75) is 43.9 Å². The highest BCUT2D eigenvalue weighted by Gasteiger charge is 2.47. The number of pyridine rings is 1. The second-order valence-corrected chi connectivity index (χ2v) is 10.2. The number of carbonyl (C=O) groups excluding carboxylic acids is 1. The number of halogens is 1. The zero-order valence-corrected chi connectivity index (χ0v) is 21.1. The van der Waals surface area contributed by atoms with Gasteiger partial charge in [0.25, 0.3) is 0 Å². The Bertz CT molecular complexity index is 1280. The molecule has 8 heteroatoms. The number of esters is 1. The van der Waals surface area contributed by atoms with E-state index >= 15 is 0 Å². The number of benzene rings is 2. The molecule has 0 bridgehead atoms. The molecule has 1 aliphatic rings. The molecule has 6 nitrogen and oxygen atoms in total. The van der Waals surface area contributed by atoms with E-state index in [1.54, 1.807) is 12.1 Å². The average Bonchev–Trinajstić information content (AvgIpc) is 3.71. The van der Waals surface area contributed by atoms with Crippen LogP contribution >= 0.6 is 8.03 Å². The van der Waals surface area contributed by atoms with E-state index in [0.717, 1.165) is 35.9 Å². The van der Waals surface area contributed by atoms with E-state index < -0.39 is 32.2 Å². The Morgan fingerprint density at radius 1 is 1.19 bits per heavy atom. The lowest BCUT2D eigenvalue weighted by Gasteiger charge is -2.23. The van der Waals surface area contributed by atoms with Gasteiger partial charge in [-0.1, -0.05) is 49.0 Å². The summed E-state index contributed by atoms with van der Waals surface area (Å²) in [6.45, 7) is 5.28. The van der Waals surface area contributed by atoms with Gasteiger partial charge in [0.2, 0.25) is 5.66 Å². The third kappa shape index (κ3) is 5.44. The second kappa shape index (κ2) is 11.2. The Kier molecular flexibility index (Phi) is 8.04. The summed E-state index contributed by atoms with van der Waals surface area (Å²) in [6, 6.07) is 15.7. The molecule has 3 unspecified atom stereocenters. The molecule has 0 radical (unpaired) electrons. The van der Waals surface area contributed by atoms with Crippen LogP contribution in [-0.4, -0.2) is 29.3 Å². The number of hydrogen-bond donors (Lipinski definition) is 1. The molecular weight excluding hydrogens is 480 g/mol. The van der Waals surface area contributed by atoms with E-state index in [1.165, 1.54) is 19.2 Å². The quantitative estimate of drug-likeness (QED) is 0.188. The van der Waals surface area contributed by atoms with Crippen LogP contribution in [0.25, 0.3) is 22.4 Å². The fourth-order valence-electron chi connectivity index (χ4n) is 4.52. The molecule has 4 rings (SSSR count). The molecule has 3 atom stereocenters. The Balaban J connectivity index is 2.01. The normalized spacial score (nSPS) is 15.2. The van der Waals surface area contributed by atoms with Crippen molar-refractivity contribution in [1.29, 1.82) is 0 Å². The molecule has 1 heterocycles. The summed E-state index contributed by atoms with van der Waals surface area (Å²) in [6.07, 6.45) is 0.992. The highest BCUT2D eigenvalue weighted by molar-refractivity contribution is 7.39. The zero-order valence-electron chi connectivity index (χ0n) is 20.2. The van der Waals surface area contributed by atoms with Crippen LogP contribution in [0.4, 0.5) is 4.39 Å². The predicted octanol–water partition coefficient (Wildman–Crippen LogP) is 6.61. The van der Waals surface area contributed by atoms with Crippen LogP contribution in [0.2, 0.25) is 0 Å².